The summed E-state index contributed by atoms with van der Waals surface area (Å²) in [6, 6.07) is 7.45. The maximum atomic E-state index is 12.4. The molecule has 0 saturated carbocycles. The SMILES string of the molecule is COc1ccc(CN2CC(C(=O)NCC(CC(C)C)C(=O)O)CC2=O)cc1. The number of nitrogens with zero attached hydrogens (tertiary/aromatic N) is 1. The number of rotatable bonds is 9. The molecule has 1 aliphatic heterocycles. The fraction of sp³-hybridized carbons (Fsp3) is 0.550. The van der Waals surface area contributed by atoms with Gasteiger partial charge in [0.1, 0.15) is 5.75 Å². The van der Waals surface area contributed by atoms with Gasteiger partial charge in [0.2, 0.25) is 11.8 Å². The summed E-state index contributed by atoms with van der Waals surface area (Å²) in [5.41, 5.74) is 0.966. The molecule has 1 saturated heterocycles. The molecule has 0 spiro atoms. The van der Waals surface area contributed by atoms with Crippen LogP contribution in [-0.2, 0) is 20.9 Å². The van der Waals surface area contributed by atoms with E-state index in [4.69, 9.17) is 4.74 Å². The Hall–Kier alpha value is -2.57. The van der Waals surface area contributed by atoms with Crippen LogP contribution in [0.2, 0.25) is 0 Å². The van der Waals surface area contributed by atoms with Gasteiger partial charge in [-0.05, 0) is 30.0 Å². The van der Waals surface area contributed by atoms with Crippen LogP contribution in [0.25, 0.3) is 0 Å². The highest BCUT2D eigenvalue weighted by Gasteiger charge is 2.34. The standard InChI is InChI=1S/C20H28N2O5/c1-13(2)8-15(20(25)26)10-21-19(24)16-9-18(23)22(12-16)11-14-4-6-17(27-3)7-5-14/h4-7,13,15-16H,8-12H2,1-3H3,(H,21,24)(H,25,26). The number of hydrogen-bond donors (Lipinski definition) is 2. The summed E-state index contributed by atoms with van der Waals surface area (Å²) >= 11 is 0. The third-order valence-corrected chi connectivity index (χ3v) is 4.75. The third kappa shape index (κ3) is 5.98. The Bertz CT molecular complexity index is 671. The van der Waals surface area contributed by atoms with Crippen molar-refractivity contribution in [2.75, 3.05) is 20.2 Å². The van der Waals surface area contributed by atoms with Gasteiger partial charge in [0, 0.05) is 26.1 Å². The average molecular weight is 376 g/mol. The molecule has 2 N–H and O–H groups in total. The van der Waals surface area contributed by atoms with Gasteiger partial charge in [-0.25, -0.2) is 0 Å². The summed E-state index contributed by atoms with van der Waals surface area (Å²) < 4.78 is 5.12. The summed E-state index contributed by atoms with van der Waals surface area (Å²) in [5, 5.41) is 12.0. The zero-order valence-corrected chi connectivity index (χ0v) is 16.1. The molecular formula is C20H28N2O5. The number of carbonyl (C=O) groups is 3. The van der Waals surface area contributed by atoms with Crippen LogP contribution in [0.5, 0.6) is 5.75 Å². The molecule has 1 aliphatic rings. The van der Waals surface area contributed by atoms with Gasteiger partial charge >= 0.3 is 5.97 Å². The van der Waals surface area contributed by atoms with Crippen molar-refractivity contribution in [2.24, 2.45) is 17.8 Å². The van der Waals surface area contributed by atoms with Crippen molar-refractivity contribution in [3.05, 3.63) is 29.8 Å². The van der Waals surface area contributed by atoms with Crippen LogP contribution in [0.1, 0.15) is 32.3 Å². The van der Waals surface area contributed by atoms with Crippen LogP contribution >= 0.6 is 0 Å². The van der Waals surface area contributed by atoms with E-state index in [0.29, 0.717) is 19.5 Å². The molecule has 27 heavy (non-hydrogen) atoms. The zero-order chi connectivity index (χ0) is 20.0. The predicted molar refractivity (Wildman–Crippen MR) is 100 cm³/mol. The number of benzene rings is 1. The summed E-state index contributed by atoms with van der Waals surface area (Å²) in [6.07, 6.45) is 0.659. The molecule has 1 aromatic carbocycles. The van der Waals surface area contributed by atoms with E-state index in [2.05, 4.69) is 5.32 Å². The molecule has 7 nitrogen and oxygen atoms in total. The van der Waals surface area contributed by atoms with Crippen molar-refractivity contribution in [2.45, 2.75) is 33.2 Å². The van der Waals surface area contributed by atoms with Crippen LogP contribution in [0, 0.1) is 17.8 Å². The molecule has 2 rings (SSSR count). The number of carboxylic acid groups (broad SMARTS) is 1. The highest BCUT2D eigenvalue weighted by molar-refractivity contribution is 5.89. The molecule has 1 fully saturated rings. The molecule has 2 unspecified atom stereocenters. The summed E-state index contributed by atoms with van der Waals surface area (Å²) in [6.45, 7) is 4.78. The minimum atomic E-state index is -0.910. The summed E-state index contributed by atoms with van der Waals surface area (Å²) in [4.78, 5) is 37.6. The van der Waals surface area contributed by atoms with Crippen LogP contribution < -0.4 is 10.1 Å². The third-order valence-electron chi connectivity index (χ3n) is 4.75. The largest absolute Gasteiger partial charge is 0.497 e. The molecule has 7 heteroatoms. The van der Waals surface area contributed by atoms with E-state index in [1.54, 1.807) is 12.0 Å². The lowest BCUT2D eigenvalue weighted by atomic mass is 9.97. The second-order valence-corrected chi connectivity index (χ2v) is 7.43. The zero-order valence-electron chi connectivity index (χ0n) is 16.1. The Labute approximate surface area is 159 Å². The van der Waals surface area contributed by atoms with Crippen molar-refractivity contribution < 1.29 is 24.2 Å². The topological polar surface area (TPSA) is 95.9 Å². The van der Waals surface area contributed by atoms with Crippen LogP contribution in [0.3, 0.4) is 0 Å². The second kappa shape index (κ2) is 9.39. The normalized spacial score (nSPS) is 17.9. The van der Waals surface area contributed by atoms with Crippen LogP contribution in [-0.4, -0.2) is 48.0 Å². The van der Waals surface area contributed by atoms with Crippen molar-refractivity contribution in [1.29, 1.82) is 0 Å². The molecule has 1 heterocycles. The molecule has 1 aromatic rings. The first-order valence-corrected chi connectivity index (χ1v) is 9.21. The van der Waals surface area contributed by atoms with Crippen molar-refractivity contribution in [3.8, 4) is 5.75 Å². The first-order valence-electron chi connectivity index (χ1n) is 9.21. The van der Waals surface area contributed by atoms with Crippen molar-refractivity contribution in [3.63, 3.8) is 0 Å². The van der Waals surface area contributed by atoms with Gasteiger partial charge in [0.15, 0.2) is 0 Å². The first-order chi connectivity index (χ1) is 12.8. The Kier molecular flexibility index (Phi) is 7.21. The monoisotopic (exact) mass is 376 g/mol. The lowest BCUT2D eigenvalue weighted by Crippen LogP contribution is -2.38. The highest BCUT2D eigenvalue weighted by Crippen LogP contribution is 2.22. The number of carboxylic acids is 1. The fourth-order valence-corrected chi connectivity index (χ4v) is 3.26. The van der Waals surface area contributed by atoms with Gasteiger partial charge in [-0.15, -0.1) is 0 Å². The number of hydrogen-bond acceptors (Lipinski definition) is 4. The van der Waals surface area contributed by atoms with E-state index in [0.717, 1.165) is 11.3 Å². The maximum Gasteiger partial charge on any atom is 0.308 e. The van der Waals surface area contributed by atoms with E-state index in [9.17, 15) is 19.5 Å². The van der Waals surface area contributed by atoms with Gasteiger partial charge in [-0.2, -0.15) is 0 Å². The Morgan fingerprint density at radius 1 is 1.30 bits per heavy atom. The lowest BCUT2D eigenvalue weighted by Gasteiger charge is -2.18. The number of methoxy groups -OCH3 is 1. The molecular weight excluding hydrogens is 348 g/mol. The van der Waals surface area contributed by atoms with Crippen molar-refractivity contribution >= 4 is 17.8 Å². The minimum absolute atomic E-state index is 0.0667. The van der Waals surface area contributed by atoms with E-state index < -0.39 is 17.8 Å². The second-order valence-electron chi connectivity index (χ2n) is 7.43. The number of aliphatic carboxylic acids is 1. The number of nitrogens with one attached hydrogen (secondary N) is 1. The summed E-state index contributed by atoms with van der Waals surface area (Å²) in [7, 11) is 1.60. The van der Waals surface area contributed by atoms with Gasteiger partial charge in [-0.1, -0.05) is 26.0 Å². The number of amides is 2. The number of carbonyl (C=O) groups excluding carboxylic acids is 2. The van der Waals surface area contributed by atoms with Gasteiger partial charge in [0.25, 0.3) is 0 Å². The molecule has 0 aliphatic carbocycles. The van der Waals surface area contributed by atoms with Crippen LogP contribution in [0.4, 0.5) is 0 Å². The quantitative estimate of drug-likeness (QED) is 0.686. The van der Waals surface area contributed by atoms with Gasteiger partial charge in [-0.3, -0.25) is 14.4 Å². The first kappa shape index (κ1) is 20.7. The Balaban J connectivity index is 1.87. The summed E-state index contributed by atoms with van der Waals surface area (Å²) in [5.74, 6) is -1.30. The van der Waals surface area contributed by atoms with E-state index in [1.807, 2.05) is 38.1 Å². The molecule has 0 aromatic heterocycles. The minimum Gasteiger partial charge on any atom is -0.497 e. The molecule has 2 atom stereocenters. The number of likely N-dealkylation sites (tertiary alicyclic amines) is 1. The van der Waals surface area contributed by atoms with Crippen LogP contribution in [0.15, 0.2) is 24.3 Å². The smallest absolute Gasteiger partial charge is 0.308 e. The molecule has 2 amide bonds. The Morgan fingerprint density at radius 2 is 1.96 bits per heavy atom. The van der Waals surface area contributed by atoms with E-state index in [-0.39, 0.29) is 30.7 Å². The molecule has 0 bridgehead atoms. The highest BCUT2D eigenvalue weighted by atomic mass is 16.5. The van der Waals surface area contributed by atoms with Crippen molar-refractivity contribution in [1.82, 2.24) is 10.2 Å². The number of ether oxygens (including phenoxy) is 1. The molecule has 0 radical (unpaired) electrons. The fourth-order valence-electron chi connectivity index (χ4n) is 3.26. The predicted octanol–water partition coefficient (Wildman–Crippen LogP) is 1.91. The van der Waals surface area contributed by atoms with Gasteiger partial charge < -0.3 is 20.1 Å². The Morgan fingerprint density at radius 3 is 2.52 bits per heavy atom. The molecule has 148 valence electrons. The van der Waals surface area contributed by atoms with Gasteiger partial charge in [0.05, 0.1) is 18.9 Å². The van der Waals surface area contributed by atoms with E-state index in [1.165, 1.54) is 0 Å². The average Bonchev–Trinajstić information content (AvgIpc) is 2.99. The lowest BCUT2D eigenvalue weighted by molar-refractivity contribution is -0.142. The maximum absolute atomic E-state index is 12.4. The van der Waals surface area contributed by atoms with E-state index >= 15 is 0 Å².